The molecule has 1 unspecified atom stereocenters. The Hall–Kier alpha value is -2.97. The van der Waals surface area contributed by atoms with Crippen molar-refractivity contribution in [2.45, 2.75) is 32.4 Å². The molecule has 0 spiro atoms. The predicted octanol–water partition coefficient (Wildman–Crippen LogP) is 2.97. The summed E-state index contributed by atoms with van der Waals surface area (Å²) in [6.07, 6.45) is -0.820. The standard InChI is InChI=1S/C19H23N3O5/c1-19(2,3)20-11-17(24)13-6-9-16(23)15(10-13)21-18(25)12-4-7-14(8-5-12)22(26)27/h4-10,17,20,23-24H,11H2,1-3H3,(H,21,25). The average molecular weight is 373 g/mol. The quantitative estimate of drug-likeness (QED) is 0.350. The fourth-order valence-electron chi connectivity index (χ4n) is 2.31. The van der Waals surface area contributed by atoms with Crippen molar-refractivity contribution in [2.24, 2.45) is 0 Å². The molecule has 0 aliphatic rings. The van der Waals surface area contributed by atoms with Crippen LogP contribution in [0.4, 0.5) is 11.4 Å². The van der Waals surface area contributed by atoms with Crippen LogP contribution >= 0.6 is 0 Å². The van der Waals surface area contributed by atoms with Crippen LogP contribution in [0.5, 0.6) is 5.75 Å². The summed E-state index contributed by atoms with van der Waals surface area (Å²) in [6.45, 7) is 6.25. The van der Waals surface area contributed by atoms with Crippen molar-refractivity contribution >= 4 is 17.3 Å². The van der Waals surface area contributed by atoms with Crippen LogP contribution in [-0.2, 0) is 0 Å². The van der Waals surface area contributed by atoms with Gasteiger partial charge in [-0.15, -0.1) is 0 Å². The smallest absolute Gasteiger partial charge is 0.269 e. The zero-order chi connectivity index (χ0) is 20.2. The summed E-state index contributed by atoms with van der Waals surface area (Å²) in [4.78, 5) is 22.4. The van der Waals surface area contributed by atoms with Crippen molar-refractivity contribution < 1.29 is 19.9 Å². The number of anilines is 1. The monoisotopic (exact) mass is 373 g/mol. The Morgan fingerprint density at radius 2 is 1.81 bits per heavy atom. The number of hydrogen-bond acceptors (Lipinski definition) is 6. The van der Waals surface area contributed by atoms with E-state index in [-0.39, 0.29) is 28.2 Å². The zero-order valence-corrected chi connectivity index (χ0v) is 15.4. The fraction of sp³-hybridized carbons (Fsp3) is 0.316. The lowest BCUT2D eigenvalue weighted by Crippen LogP contribution is -2.38. The number of nitro benzene ring substituents is 1. The van der Waals surface area contributed by atoms with Crippen molar-refractivity contribution in [1.82, 2.24) is 5.32 Å². The molecule has 8 nitrogen and oxygen atoms in total. The lowest BCUT2D eigenvalue weighted by molar-refractivity contribution is -0.384. The van der Waals surface area contributed by atoms with Crippen molar-refractivity contribution in [1.29, 1.82) is 0 Å². The molecule has 2 aromatic rings. The molecule has 0 saturated carbocycles. The lowest BCUT2D eigenvalue weighted by atomic mass is 10.0. The molecule has 144 valence electrons. The van der Waals surface area contributed by atoms with Gasteiger partial charge in [0.05, 0.1) is 16.7 Å². The van der Waals surface area contributed by atoms with E-state index < -0.39 is 16.9 Å². The van der Waals surface area contributed by atoms with Gasteiger partial charge in [-0.1, -0.05) is 6.07 Å². The van der Waals surface area contributed by atoms with E-state index >= 15 is 0 Å². The first-order chi connectivity index (χ1) is 12.6. The highest BCUT2D eigenvalue weighted by atomic mass is 16.6. The summed E-state index contributed by atoms with van der Waals surface area (Å²) in [5.74, 6) is -0.676. The highest BCUT2D eigenvalue weighted by Gasteiger charge is 2.16. The van der Waals surface area contributed by atoms with Crippen LogP contribution in [0.15, 0.2) is 42.5 Å². The molecule has 4 N–H and O–H groups in total. The molecule has 0 fully saturated rings. The molecule has 2 rings (SSSR count). The molecule has 0 aliphatic carbocycles. The molecule has 8 heteroatoms. The van der Waals surface area contributed by atoms with Gasteiger partial charge in [-0.3, -0.25) is 14.9 Å². The Labute approximate surface area is 157 Å². The van der Waals surface area contributed by atoms with E-state index in [0.717, 1.165) is 0 Å². The van der Waals surface area contributed by atoms with Gasteiger partial charge in [0, 0.05) is 29.8 Å². The van der Waals surface area contributed by atoms with Crippen LogP contribution < -0.4 is 10.6 Å². The minimum atomic E-state index is -0.820. The Morgan fingerprint density at radius 1 is 1.19 bits per heavy atom. The Kier molecular flexibility index (Phi) is 6.14. The third kappa shape index (κ3) is 5.77. The molecule has 0 saturated heterocycles. The normalized spacial score (nSPS) is 12.4. The maximum absolute atomic E-state index is 12.3. The van der Waals surface area contributed by atoms with Crippen LogP contribution in [0.1, 0.15) is 42.8 Å². The molecular weight excluding hydrogens is 350 g/mol. The van der Waals surface area contributed by atoms with Crippen molar-refractivity contribution in [3.05, 3.63) is 63.7 Å². The number of carbonyl (C=O) groups excluding carboxylic acids is 1. The maximum Gasteiger partial charge on any atom is 0.269 e. The number of nitro groups is 1. The highest BCUT2D eigenvalue weighted by Crippen LogP contribution is 2.28. The third-order valence-corrected chi connectivity index (χ3v) is 3.82. The van der Waals surface area contributed by atoms with Gasteiger partial charge in [0.25, 0.3) is 11.6 Å². The number of hydrogen-bond donors (Lipinski definition) is 4. The molecule has 0 bridgehead atoms. The molecule has 0 aliphatic heterocycles. The van der Waals surface area contributed by atoms with Crippen LogP contribution in [0.3, 0.4) is 0 Å². The largest absolute Gasteiger partial charge is 0.506 e. The van der Waals surface area contributed by atoms with Crippen molar-refractivity contribution in [2.75, 3.05) is 11.9 Å². The first-order valence-electron chi connectivity index (χ1n) is 8.38. The molecule has 1 atom stereocenters. The molecule has 0 aromatic heterocycles. The summed E-state index contributed by atoms with van der Waals surface area (Å²) in [5.41, 5.74) is 0.602. The van der Waals surface area contributed by atoms with Crippen LogP contribution in [0.25, 0.3) is 0 Å². The van der Waals surface area contributed by atoms with E-state index in [9.17, 15) is 25.1 Å². The number of nitrogens with one attached hydrogen (secondary N) is 2. The second kappa shape index (κ2) is 8.15. The molecule has 0 heterocycles. The van der Waals surface area contributed by atoms with Gasteiger partial charge in [0.1, 0.15) is 5.75 Å². The Morgan fingerprint density at radius 3 is 2.37 bits per heavy atom. The molecule has 1 amide bonds. The molecule has 27 heavy (non-hydrogen) atoms. The summed E-state index contributed by atoms with van der Waals surface area (Å²) in [5, 5.41) is 36.7. The summed E-state index contributed by atoms with van der Waals surface area (Å²) in [6, 6.07) is 9.58. The first-order valence-corrected chi connectivity index (χ1v) is 8.38. The van der Waals surface area contributed by atoms with Crippen LogP contribution in [0, 0.1) is 10.1 Å². The SMILES string of the molecule is CC(C)(C)NCC(O)c1ccc(O)c(NC(=O)c2ccc([N+](=O)[O-])cc2)c1. The molecular formula is C19H23N3O5. The maximum atomic E-state index is 12.3. The van der Waals surface area contributed by atoms with Gasteiger partial charge in [0.2, 0.25) is 0 Å². The highest BCUT2D eigenvalue weighted by molar-refractivity contribution is 6.05. The molecule has 0 radical (unpaired) electrons. The van der Waals surface area contributed by atoms with E-state index in [2.05, 4.69) is 10.6 Å². The zero-order valence-electron chi connectivity index (χ0n) is 15.4. The predicted molar refractivity (Wildman–Crippen MR) is 102 cm³/mol. The lowest BCUT2D eigenvalue weighted by Gasteiger charge is -2.23. The van der Waals surface area contributed by atoms with E-state index in [1.54, 1.807) is 6.07 Å². The number of aromatic hydroxyl groups is 1. The second-order valence-electron chi connectivity index (χ2n) is 7.18. The number of phenolic OH excluding ortho intramolecular Hbond substituents is 1. The Balaban J connectivity index is 2.13. The summed E-state index contributed by atoms with van der Waals surface area (Å²) >= 11 is 0. The van der Waals surface area contributed by atoms with Crippen LogP contribution in [-0.4, -0.2) is 33.1 Å². The van der Waals surface area contributed by atoms with Crippen molar-refractivity contribution in [3.8, 4) is 5.75 Å². The van der Waals surface area contributed by atoms with Crippen LogP contribution in [0.2, 0.25) is 0 Å². The van der Waals surface area contributed by atoms with Gasteiger partial charge in [-0.2, -0.15) is 0 Å². The number of carbonyl (C=O) groups is 1. The van der Waals surface area contributed by atoms with E-state index in [1.807, 2.05) is 20.8 Å². The number of β-amino-alcohol motifs (C(OH)–C–C–N with tert-alkyl or cyclic N) is 1. The summed E-state index contributed by atoms with van der Waals surface area (Å²) in [7, 11) is 0. The minimum Gasteiger partial charge on any atom is -0.506 e. The number of amides is 1. The topological polar surface area (TPSA) is 125 Å². The number of rotatable bonds is 6. The van der Waals surface area contributed by atoms with Gasteiger partial charge in [-0.25, -0.2) is 0 Å². The average Bonchev–Trinajstić information content (AvgIpc) is 2.61. The van der Waals surface area contributed by atoms with Gasteiger partial charge in [0.15, 0.2) is 0 Å². The fourth-order valence-corrected chi connectivity index (χ4v) is 2.31. The van der Waals surface area contributed by atoms with Crippen molar-refractivity contribution in [3.63, 3.8) is 0 Å². The second-order valence-corrected chi connectivity index (χ2v) is 7.18. The van der Waals surface area contributed by atoms with Gasteiger partial charge < -0.3 is 20.8 Å². The molecule has 2 aromatic carbocycles. The summed E-state index contributed by atoms with van der Waals surface area (Å²) < 4.78 is 0. The number of non-ortho nitro benzene ring substituents is 1. The number of aliphatic hydroxyl groups excluding tert-OH is 1. The van der Waals surface area contributed by atoms with E-state index in [4.69, 9.17) is 0 Å². The minimum absolute atomic E-state index is 0.120. The van der Waals surface area contributed by atoms with Gasteiger partial charge >= 0.3 is 0 Å². The number of phenols is 1. The van der Waals surface area contributed by atoms with E-state index in [1.165, 1.54) is 36.4 Å². The third-order valence-electron chi connectivity index (χ3n) is 3.82. The first kappa shape index (κ1) is 20.3. The number of aliphatic hydroxyl groups is 1. The number of nitrogens with zero attached hydrogens (tertiary/aromatic N) is 1. The number of benzene rings is 2. The Bertz CT molecular complexity index is 828. The van der Waals surface area contributed by atoms with E-state index in [0.29, 0.717) is 12.1 Å². The van der Waals surface area contributed by atoms with Gasteiger partial charge in [-0.05, 0) is 50.6 Å².